The Labute approximate surface area is 160 Å². The molecular formula is C18H22N4O2S2. The van der Waals surface area contributed by atoms with Gasteiger partial charge in [-0.3, -0.25) is 9.20 Å². The molecule has 0 spiro atoms. The number of esters is 1. The summed E-state index contributed by atoms with van der Waals surface area (Å²) in [5, 5.41) is 10.7. The number of nitrogens with zero attached hydrogens (tertiary/aromatic N) is 4. The SMILES string of the molecule is CCc1nc2sc3c(c2c2nnc(SCC(=O)OC(C)C)n12)CCCC3. The van der Waals surface area contributed by atoms with Crippen molar-refractivity contribution in [1.29, 1.82) is 0 Å². The number of thioether (sulfide) groups is 1. The lowest BCUT2D eigenvalue weighted by Crippen LogP contribution is -2.13. The van der Waals surface area contributed by atoms with Gasteiger partial charge in [0, 0.05) is 11.3 Å². The van der Waals surface area contributed by atoms with E-state index in [4.69, 9.17) is 9.72 Å². The molecule has 1 aliphatic rings. The Hall–Kier alpha value is -1.67. The zero-order valence-corrected chi connectivity index (χ0v) is 16.9. The third-order valence-electron chi connectivity index (χ3n) is 4.50. The van der Waals surface area contributed by atoms with Crippen LogP contribution in [0.25, 0.3) is 15.9 Å². The Bertz CT molecular complexity index is 977. The number of carbonyl (C=O) groups is 1. The van der Waals surface area contributed by atoms with Crippen LogP contribution in [0.3, 0.4) is 0 Å². The number of aromatic nitrogens is 4. The zero-order chi connectivity index (χ0) is 18.3. The summed E-state index contributed by atoms with van der Waals surface area (Å²) in [5.74, 6) is 0.930. The van der Waals surface area contributed by atoms with E-state index >= 15 is 0 Å². The van der Waals surface area contributed by atoms with Gasteiger partial charge in [0.1, 0.15) is 10.7 Å². The molecule has 0 bridgehead atoms. The molecular weight excluding hydrogens is 368 g/mol. The third-order valence-corrected chi connectivity index (χ3v) is 6.59. The van der Waals surface area contributed by atoms with Gasteiger partial charge < -0.3 is 4.74 Å². The standard InChI is InChI=1S/C18H22N4O2S2/c1-4-13-19-17-15(11-7-5-6-8-12(11)26-17)16-20-21-18(22(13)16)25-9-14(23)24-10(2)3/h10H,4-9H2,1-3H3. The van der Waals surface area contributed by atoms with Gasteiger partial charge in [-0.25, -0.2) is 4.98 Å². The number of hydrogen-bond donors (Lipinski definition) is 0. The first-order valence-corrected chi connectivity index (χ1v) is 10.9. The lowest BCUT2D eigenvalue weighted by atomic mass is 9.97. The van der Waals surface area contributed by atoms with Gasteiger partial charge in [0.25, 0.3) is 0 Å². The van der Waals surface area contributed by atoms with Crippen molar-refractivity contribution in [2.75, 3.05) is 5.75 Å². The second-order valence-electron chi connectivity index (χ2n) is 6.74. The predicted molar refractivity (Wildman–Crippen MR) is 104 cm³/mol. The minimum absolute atomic E-state index is 0.108. The molecule has 0 aliphatic heterocycles. The number of rotatable bonds is 5. The van der Waals surface area contributed by atoms with Gasteiger partial charge in [0.2, 0.25) is 0 Å². The summed E-state index contributed by atoms with van der Waals surface area (Å²) in [6.07, 6.45) is 5.38. The number of hydrogen-bond acceptors (Lipinski definition) is 7. The second-order valence-corrected chi connectivity index (χ2v) is 8.77. The van der Waals surface area contributed by atoms with E-state index in [2.05, 4.69) is 17.1 Å². The Kier molecular flexibility index (Phi) is 4.88. The number of carbonyl (C=O) groups excluding carboxylic acids is 1. The average Bonchev–Trinajstić information content (AvgIpc) is 3.19. The summed E-state index contributed by atoms with van der Waals surface area (Å²) in [6, 6.07) is 0. The molecule has 3 heterocycles. The van der Waals surface area contributed by atoms with E-state index in [-0.39, 0.29) is 17.8 Å². The highest BCUT2D eigenvalue weighted by Crippen LogP contribution is 2.38. The molecule has 26 heavy (non-hydrogen) atoms. The fraction of sp³-hybridized carbons (Fsp3) is 0.556. The van der Waals surface area contributed by atoms with Crippen molar-refractivity contribution in [3.63, 3.8) is 0 Å². The molecule has 0 radical (unpaired) electrons. The van der Waals surface area contributed by atoms with Crippen molar-refractivity contribution >= 4 is 44.9 Å². The van der Waals surface area contributed by atoms with Crippen LogP contribution in [-0.4, -0.2) is 37.4 Å². The quantitative estimate of drug-likeness (QED) is 0.487. The van der Waals surface area contributed by atoms with Crippen molar-refractivity contribution in [2.45, 2.75) is 64.1 Å². The van der Waals surface area contributed by atoms with Crippen molar-refractivity contribution in [1.82, 2.24) is 19.6 Å². The highest BCUT2D eigenvalue weighted by molar-refractivity contribution is 7.99. The van der Waals surface area contributed by atoms with Crippen LogP contribution in [0.2, 0.25) is 0 Å². The molecule has 0 unspecified atom stereocenters. The molecule has 0 N–H and O–H groups in total. The maximum absolute atomic E-state index is 11.9. The summed E-state index contributed by atoms with van der Waals surface area (Å²) in [5.41, 5.74) is 2.28. The van der Waals surface area contributed by atoms with Gasteiger partial charge in [-0.2, -0.15) is 0 Å². The van der Waals surface area contributed by atoms with E-state index in [1.807, 2.05) is 18.2 Å². The van der Waals surface area contributed by atoms with Gasteiger partial charge in [-0.1, -0.05) is 18.7 Å². The van der Waals surface area contributed by atoms with Gasteiger partial charge in [0.05, 0.1) is 17.2 Å². The molecule has 0 fully saturated rings. The van der Waals surface area contributed by atoms with E-state index in [1.54, 1.807) is 11.3 Å². The van der Waals surface area contributed by atoms with E-state index in [0.717, 1.165) is 41.0 Å². The first kappa shape index (κ1) is 17.7. The molecule has 138 valence electrons. The van der Waals surface area contributed by atoms with Crippen LogP contribution in [0.15, 0.2) is 5.16 Å². The molecule has 3 aromatic heterocycles. The first-order chi connectivity index (χ1) is 12.6. The molecule has 6 nitrogen and oxygen atoms in total. The Morgan fingerprint density at radius 3 is 2.88 bits per heavy atom. The summed E-state index contributed by atoms with van der Waals surface area (Å²) in [7, 11) is 0. The van der Waals surface area contributed by atoms with Crippen LogP contribution >= 0.6 is 23.1 Å². The first-order valence-electron chi connectivity index (χ1n) is 9.09. The second kappa shape index (κ2) is 7.15. The number of thiophene rings is 1. The molecule has 0 saturated carbocycles. The molecule has 8 heteroatoms. The molecule has 0 saturated heterocycles. The van der Waals surface area contributed by atoms with Crippen LogP contribution in [-0.2, 0) is 28.8 Å². The Morgan fingerprint density at radius 2 is 2.12 bits per heavy atom. The summed E-state index contributed by atoms with van der Waals surface area (Å²) in [6.45, 7) is 5.79. The van der Waals surface area contributed by atoms with Crippen molar-refractivity contribution in [2.24, 2.45) is 0 Å². The van der Waals surface area contributed by atoms with Crippen molar-refractivity contribution in [3.05, 3.63) is 16.3 Å². The largest absolute Gasteiger partial charge is 0.462 e. The fourth-order valence-corrected chi connectivity index (χ4v) is 5.45. The van der Waals surface area contributed by atoms with E-state index in [9.17, 15) is 4.79 Å². The molecule has 0 atom stereocenters. The Morgan fingerprint density at radius 1 is 1.31 bits per heavy atom. The number of ether oxygens (including phenoxy) is 1. The monoisotopic (exact) mass is 390 g/mol. The maximum Gasteiger partial charge on any atom is 0.316 e. The van der Waals surface area contributed by atoms with E-state index < -0.39 is 0 Å². The van der Waals surface area contributed by atoms with Crippen molar-refractivity contribution in [3.8, 4) is 0 Å². The van der Waals surface area contributed by atoms with Gasteiger partial charge in [-0.15, -0.1) is 21.5 Å². The summed E-state index contributed by atoms with van der Waals surface area (Å²) < 4.78 is 7.24. The normalized spacial score (nSPS) is 14.3. The molecule has 4 rings (SSSR count). The minimum Gasteiger partial charge on any atom is -0.462 e. The molecule has 0 amide bonds. The van der Waals surface area contributed by atoms with Gasteiger partial charge >= 0.3 is 5.97 Å². The lowest BCUT2D eigenvalue weighted by molar-refractivity contribution is -0.144. The Balaban J connectivity index is 1.77. The number of aryl methyl sites for hydroxylation is 3. The molecule has 3 aromatic rings. The van der Waals surface area contributed by atoms with Crippen molar-refractivity contribution < 1.29 is 9.53 Å². The molecule has 0 aromatic carbocycles. The van der Waals surface area contributed by atoms with E-state index in [0.29, 0.717) is 5.16 Å². The number of fused-ring (bicyclic) bond motifs is 5. The maximum atomic E-state index is 11.9. The summed E-state index contributed by atoms with van der Waals surface area (Å²) in [4.78, 5) is 19.3. The van der Waals surface area contributed by atoms with E-state index in [1.165, 1.54) is 35.0 Å². The topological polar surface area (TPSA) is 69.4 Å². The van der Waals surface area contributed by atoms with Crippen LogP contribution in [0.4, 0.5) is 0 Å². The van der Waals surface area contributed by atoms with Crippen LogP contribution < -0.4 is 0 Å². The summed E-state index contributed by atoms with van der Waals surface area (Å²) >= 11 is 3.17. The van der Waals surface area contributed by atoms with Gasteiger partial charge in [0.15, 0.2) is 10.8 Å². The third kappa shape index (κ3) is 3.09. The average molecular weight is 391 g/mol. The minimum atomic E-state index is -0.234. The smallest absolute Gasteiger partial charge is 0.316 e. The fourth-order valence-electron chi connectivity index (χ4n) is 3.44. The van der Waals surface area contributed by atoms with Crippen LogP contribution in [0, 0.1) is 0 Å². The highest BCUT2D eigenvalue weighted by atomic mass is 32.2. The van der Waals surface area contributed by atoms with Crippen LogP contribution in [0.1, 0.15) is 49.9 Å². The lowest BCUT2D eigenvalue weighted by Gasteiger charge is -2.11. The molecule has 1 aliphatic carbocycles. The highest BCUT2D eigenvalue weighted by Gasteiger charge is 2.23. The zero-order valence-electron chi connectivity index (χ0n) is 15.2. The van der Waals surface area contributed by atoms with Crippen LogP contribution in [0.5, 0.6) is 0 Å². The predicted octanol–water partition coefficient (Wildman–Crippen LogP) is 3.82. The van der Waals surface area contributed by atoms with Gasteiger partial charge in [-0.05, 0) is 45.1 Å².